The van der Waals surface area contributed by atoms with E-state index in [-0.39, 0.29) is 0 Å². The highest BCUT2D eigenvalue weighted by atomic mass is 32.2. The molecular weight excluding hydrogens is 272 g/mol. The van der Waals surface area contributed by atoms with Crippen molar-refractivity contribution >= 4 is 23.2 Å². The van der Waals surface area contributed by atoms with Gasteiger partial charge in [0.25, 0.3) is 0 Å². The van der Waals surface area contributed by atoms with Gasteiger partial charge < -0.3 is 10.5 Å². The van der Waals surface area contributed by atoms with Crippen LogP contribution in [0.3, 0.4) is 0 Å². The fourth-order valence-corrected chi connectivity index (χ4v) is 1.99. The summed E-state index contributed by atoms with van der Waals surface area (Å²) in [6.45, 7) is 7.61. The number of ether oxygens (including phenoxy) is 1. The molecule has 0 spiro atoms. The molecular formula is C14H16N4OS. The van der Waals surface area contributed by atoms with Crippen molar-refractivity contribution in [1.82, 2.24) is 15.0 Å². The molecule has 20 heavy (non-hydrogen) atoms. The molecule has 0 amide bonds. The number of aromatic nitrogens is 3. The molecule has 2 rings (SSSR count). The summed E-state index contributed by atoms with van der Waals surface area (Å²) in [4.78, 5) is 12.5. The third kappa shape index (κ3) is 3.08. The van der Waals surface area contributed by atoms with Gasteiger partial charge in [0.1, 0.15) is 11.6 Å². The number of allylic oxidation sites excluding steroid dienone is 1. The minimum absolute atomic E-state index is 0.313. The zero-order valence-electron chi connectivity index (χ0n) is 11.7. The van der Waals surface area contributed by atoms with Crippen LogP contribution in [-0.2, 0) is 0 Å². The number of nitrogens with two attached hydrogens (primary N) is 1. The van der Waals surface area contributed by atoms with Crippen LogP contribution in [0.15, 0.2) is 30.1 Å². The first-order valence-electron chi connectivity index (χ1n) is 5.98. The minimum Gasteiger partial charge on any atom is -0.451 e. The number of nitrogen functional groups attached to an aromatic ring is 1. The average molecular weight is 288 g/mol. The lowest BCUT2D eigenvalue weighted by molar-refractivity contribution is 0.475. The van der Waals surface area contributed by atoms with Crippen molar-refractivity contribution in [1.29, 1.82) is 0 Å². The van der Waals surface area contributed by atoms with Crippen molar-refractivity contribution in [2.24, 2.45) is 0 Å². The van der Waals surface area contributed by atoms with Crippen molar-refractivity contribution in [3.8, 4) is 11.5 Å². The van der Waals surface area contributed by atoms with Crippen molar-refractivity contribution in [3.63, 3.8) is 0 Å². The van der Waals surface area contributed by atoms with Gasteiger partial charge in [-0.1, -0.05) is 6.58 Å². The molecule has 6 heteroatoms. The molecule has 0 unspecified atom stereocenters. The summed E-state index contributed by atoms with van der Waals surface area (Å²) >= 11 is 1.54. The Morgan fingerprint density at radius 1 is 1.30 bits per heavy atom. The van der Waals surface area contributed by atoms with Gasteiger partial charge >= 0.3 is 0 Å². The van der Waals surface area contributed by atoms with Crippen LogP contribution < -0.4 is 10.5 Å². The highest BCUT2D eigenvalue weighted by Gasteiger charge is 2.11. The summed E-state index contributed by atoms with van der Waals surface area (Å²) in [5, 5.41) is 0.858. The molecule has 2 aromatic heterocycles. The third-order valence-corrected chi connectivity index (χ3v) is 3.27. The maximum absolute atomic E-state index is 5.85. The van der Waals surface area contributed by atoms with Gasteiger partial charge in [-0.05, 0) is 25.7 Å². The molecule has 0 radical (unpaired) electrons. The van der Waals surface area contributed by atoms with Gasteiger partial charge in [-0.25, -0.2) is 15.0 Å². The summed E-state index contributed by atoms with van der Waals surface area (Å²) in [6.07, 6.45) is 5.27. The monoisotopic (exact) mass is 288 g/mol. The first kappa shape index (κ1) is 14.3. The smallest absolute Gasteiger partial charge is 0.187 e. The maximum Gasteiger partial charge on any atom is 0.187 e. The Morgan fingerprint density at radius 2 is 2.05 bits per heavy atom. The standard InChI is InChI=1S/C14H16N4OS/c1-8(2)10-6-17-13(20-4)5-11(10)19-12-7-16-9(3)18-14(12)15/h5-7H,1H2,2-4H3,(H2,15,16,18). The summed E-state index contributed by atoms with van der Waals surface area (Å²) in [5.74, 6) is 1.99. The van der Waals surface area contributed by atoms with Gasteiger partial charge in [-0.15, -0.1) is 11.8 Å². The molecule has 0 aromatic carbocycles. The quantitative estimate of drug-likeness (QED) is 0.870. The molecule has 104 valence electrons. The summed E-state index contributed by atoms with van der Waals surface area (Å²) in [5.41, 5.74) is 7.55. The second-order valence-corrected chi connectivity index (χ2v) is 5.10. The lowest BCUT2D eigenvalue weighted by Gasteiger charge is -2.12. The van der Waals surface area contributed by atoms with Crippen LogP contribution in [-0.4, -0.2) is 21.2 Å². The predicted molar refractivity (Wildman–Crippen MR) is 82.0 cm³/mol. The zero-order valence-corrected chi connectivity index (χ0v) is 12.5. The second-order valence-electron chi connectivity index (χ2n) is 4.27. The fourth-order valence-electron chi connectivity index (χ4n) is 1.61. The van der Waals surface area contributed by atoms with Crippen LogP contribution in [0.2, 0.25) is 0 Å². The van der Waals surface area contributed by atoms with Crippen LogP contribution in [0.4, 0.5) is 5.82 Å². The van der Waals surface area contributed by atoms with Gasteiger partial charge in [0.2, 0.25) is 0 Å². The number of nitrogens with zero attached hydrogens (tertiary/aromatic N) is 3. The van der Waals surface area contributed by atoms with E-state index in [2.05, 4.69) is 21.5 Å². The van der Waals surface area contributed by atoms with E-state index in [9.17, 15) is 0 Å². The first-order valence-corrected chi connectivity index (χ1v) is 7.20. The number of pyridine rings is 1. The SMILES string of the molecule is C=C(C)c1cnc(SC)cc1Oc1cnc(C)nc1N. The van der Waals surface area contributed by atoms with Crippen LogP contribution in [0.1, 0.15) is 18.3 Å². The van der Waals surface area contributed by atoms with E-state index in [1.54, 1.807) is 19.3 Å². The van der Waals surface area contributed by atoms with E-state index in [1.165, 1.54) is 11.8 Å². The van der Waals surface area contributed by atoms with Crippen LogP contribution in [0, 0.1) is 6.92 Å². The zero-order chi connectivity index (χ0) is 14.7. The molecule has 0 saturated heterocycles. The van der Waals surface area contributed by atoms with Crippen molar-refractivity contribution in [2.75, 3.05) is 12.0 Å². The molecule has 0 bridgehead atoms. The molecule has 0 aliphatic heterocycles. The molecule has 0 aliphatic carbocycles. The fraction of sp³-hybridized carbons (Fsp3) is 0.214. The second kappa shape index (κ2) is 5.92. The summed E-state index contributed by atoms with van der Waals surface area (Å²) in [6, 6.07) is 1.86. The molecule has 2 aromatic rings. The number of hydrogen-bond acceptors (Lipinski definition) is 6. The Labute approximate surface area is 122 Å². The van der Waals surface area contributed by atoms with Crippen molar-refractivity contribution in [2.45, 2.75) is 18.9 Å². The normalized spacial score (nSPS) is 10.3. The largest absolute Gasteiger partial charge is 0.451 e. The topological polar surface area (TPSA) is 73.9 Å². The molecule has 5 nitrogen and oxygen atoms in total. The molecule has 0 atom stereocenters. The van der Waals surface area contributed by atoms with Gasteiger partial charge in [0.05, 0.1) is 11.2 Å². The molecule has 0 aliphatic rings. The number of anilines is 1. The van der Waals surface area contributed by atoms with E-state index in [1.807, 2.05) is 19.2 Å². The predicted octanol–water partition coefficient (Wildman–Crippen LogP) is 3.31. The van der Waals surface area contributed by atoms with Crippen molar-refractivity contribution in [3.05, 3.63) is 36.4 Å². The molecule has 0 fully saturated rings. The maximum atomic E-state index is 5.85. The van der Waals surface area contributed by atoms with Crippen molar-refractivity contribution < 1.29 is 4.74 Å². The van der Waals surface area contributed by atoms with Gasteiger partial charge in [-0.2, -0.15) is 0 Å². The van der Waals surface area contributed by atoms with Gasteiger partial charge in [-0.3, -0.25) is 0 Å². The van der Waals surface area contributed by atoms with Gasteiger partial charge in [0, 0.05) is 17.8 Å². The minimum atomic E-state index is 0.313. The Kier molecular flexibility index (Phi) is 4.24. The average Bonchev–Trinajstić information content (AvgIpc) is 2.41. The highest BCUT2D eigenvalue weighted by molar-refractivity contribution is 7.98. The van der Waals surface area contributed by atoms with E-state index in [0.29, 0.717) is 23.1 Å². The molecule has 0 saturated carbocycles. The first-order chi connectivity index (χ1) is 9.51. The lowest BCUT2D eigenvalue weighted by Crippen LogP contribution is -2.00. The Bertz CT molecular complexity index is 658. The number of rotatable bonds is 4. The third-order valence-electron chi connectivity index (χ3n) is 2.63. The summed E-state index contributed by atoms with van der Waals surface area (Å²) < 4.78 is 5.83. The van der Waals surface area contributed by atoms with E-state index >= 15 is 0 Å². The van der Waals surface area contributed by atoms with E-state index in [4.69, 9.17) is 10.5 Å². The lowest BCUT2D eigenvalue weighted by atomic mass is 10.1. The van der Waals surface area contributed by atoms with E-state index in [0.717, 1.165) is 16.2 Å². The number of hydrogen-bond donors (Lipinski definition) is 1. The molecule has 2 heterocycles. The van der Waals surface area contributed by atoms with Crippen LogP contribution in [0.25, 0.3) is 5.57 Å². The van der Waals surface area contributed by atoms with E-state index < -0.39 is 0 Å². The van der Waals surface area contributed by atoms with Crippen LogP contribution >= 0.6 is 11.8 Å². The highest BCUT2D eigenvalue weighted by Crippen LogP contribution is 2.33. The van der Waals surface area contributed by atoms with Crippen LogP contribution in [0.5, 0.6) is 11.5 Å². The molecule has 2 N–H and O–H groups in total. The number of thioether (sulfide) groups is 1. The number of aryl methyl sites for hydroxylation is 1. The van der Waals surface area contributed by atoms with Gasteiger partial charge in [0.15, 0.2) is 11.6 Å². The summed E-state index contributed by atoms with van der Waals surface area (Å²) in [7, 11) is 0. The Balaban J connectivity index is 2.43. The Hall–Kier alpha value is -2.08. The Morgan fingerprint density at radius 3 is 2.65 bits per heavy atom.